The van der Waals surface area contributed by atoms with Gasteiger partial charge in [0.1, 0.15) is 11.9 Å². The number of aliphatic hydroxyl groups is 1. The maximum Gasteiger partial charge on any atom is 0.193 e. The third kappa shape index (κ3) is 2.70. The van der Waals surface area contributed by atoms with E-state index >= 15 is 0 Å². The van der Waals surface area contributed by atoms with Crippen LogP contribution in [0.5, 0.6) is 0 Å². The van der Waals surface area contributed by atoms with Gasteiger partial charge < -0.3 is 9.52 Å². The van der Waals surface area contributed by atoms with Crippen LogP contribution >= 0.6 is 11.6 Å². The number of nitrogens with zero attached hydrogens (tertiary/aromatic N) is 2. The molecule has 0 aliphatic rings. The van der Waals surface area contributed by atoms with Crippen LogP contribution in [-0.4, -0.2) is 14.9 Å². The third-order valence-electron chi connectivity index (χ3n) is 2.71. The van der Waals surface area contributed by atoms with Gasteiger partial charge in [-0.05, 0) is 36.2 Å². The van der Waals surface area contributed by atoms with Crippen molar-refractivity contribution in [2.24, 2.45) is 7.05 Å². The van der Waals surface area contributed by atoms with Gasteiger partial charge in [0.05, 0.1) is 5.69 Å². The zero-order valence-corrected chi connectivity index (χ0v) is 10.6. The number of hydrogen-bond donors (Lipinski definition) is 1. The van der Waals surface area contributed by atoms with E-state index in [-0.39, 0.29) is 0 Å². The molecular formula is C12H15ClN2O2. The SMILES string of the molecule is CCc1cc(CC(O)c2ccc(Cl)o2)n(C)n1. The topological polar surface area (TPSA) is 51.2 Å². The highest BCUT2D eigenvalue weighted by atomic mass is 35.5. The van der Waals surface area contributed by atoms with E-state index in [1.54, 1.807) is 16.8 Å². The van der Waals surface area contributed by atoms with Crippen LogP contribution in [0.2, 0.25) is 5.22 Å². The quantitative estimate of drug-likeness (QED) is 0.912. The van der Waals surface area contributed by atoms with Crippen LogP contribution in [0, 0.1) is 0 Å². The zero-order chi connectivity index (χ0) is 12.4. The Hall–Kier alpha value is -1.26. The van der Waals surface area contributed by atoms with Crippen LogP contribution < -0.4 is 0 Å². The van der Waals surface area contributed by atoms with E-state index in [1.165, 1.54) is 0 Å². The molecule has 4 nitrogen and oxygen atoms in total. The summed E-state index contributed by atoms with van der Waals surface area (Å²) in [5.41, 5.74) is 1.99. The Kier molecular flexibility index (Phi) is 3.54. The number of aliphatic hydroxyl groups excluding tert-OH is 1. The number of aromatic nitrogens is 2. The average molecular weight is 255 g/mol. The Morgan fingerprint density at radius 3 is 2.82 bits per heavy atom. The van der Waals surface area contributed by atoms with Crippen LogP contribution in [0.3, 0.4) is 0 Å². The van der Waals surface area contributed by atoms with E-state index in [4.69, 9.17) is 16.0 Å². The van der Waals surface area contributed by atoms with Crippen molar-refractivity contribution in [3.05, 3.63) is 40.6 Å². The lowest BCUT2D eigenvalue weighted by Crippen LogP contribution is -2.05. The predicted octanol–water partition coefficient (Wildman–Crippen LogP) is 2.51. The Morgan fingerprint density at radius 1 is 1.53 bits per heavy atom. The number of halogens is 1. The van der Waals surface area contributed by atoms with Crippen molar-refractivity contribution >= 4 is 11.6 Å². The molecule has 1 N–H and O–H groups in total. The molecule has 0 saturated heterocycles. The Balaban J connectivity index is 2.12. The number of hydrogen-bond acceptors (Lipinski definition) is 3. The maximum atomic E-state index is 10.0. The Bertz CT molecular complexity index is 504. The lowest BCUT2D eigenvalue weighted by atomic mass is 10.1. The summed E-state index contributed by atoms with van der Waals surface area (Å²) < 4.78 is 6.96. The summed E-state index contributed by atoms with van der Waals surface area (Å²) in [6.07, 6.45) is 0.659. The Morgan fingerprint density at radius 2 is 2.29 bits per heavy atom. The molecule has 2 rings (SSSR count). The van der Waals surface area contributed by atoms with Crippen LogP contribution in [-0.2, 0) is 19.9 Å². The van der Waals surface area contributed by atoms with Gasteiger partial charge in [0.2, 0.25) is 0 Å². The first-order valence-electron chi connectivity index (χ1n) is 5.55. The van der Waals surface area contributed by atoms with Gasteiger partial charge in [0.25, 0.3) is 0 Å². The molecule has 0 amide bonds. The number of rotatable bonds is 4. The van der Waals surface area contributed by atoms with Crippen molar-refractivity contribution in [1.29, 1.82) is 0 Å². The second kappa shape index (κ2) is 4.94. The van der Waals surface area contributed by atoms with Crippen molar-refractivity contribution < 1.29 is 9.52 Å². The molecule has 0 bridgehead atoms. The van der Waals surface area contributed by atoms with Crippen LogP contribution in [0.15, 0.2) is 22.6 Å². The van der Waals surface area contributed by atoms with Crippen molar-refractivity contribution in [2.45, 2.75) is 25.9 Å². The molecule has 0 spiro atoms. The maximum absolute atomic E-state index is 10.0. The summed E-state index contributed by atoms with van der Waals surface area (Å²) in [7, 11) is 1.87. The fourth-order valence-electron chi connectivity index (χ4n) is 1.74. The molecule has 5 heteroatoms. The second-order valence-electron chi connectivity index (χ2n) is 3.97. The molecule has 1 unspecified atom stereocenters. The van der Waals surface area contributed by atoms with Crippen LogP contribution in [0.4, 0.5) is 0 Å². The van der Waals surface area contributed by atoms with Gasteiger partial charge in [-0.1, -0.05) is 6.92 Å². The fraction of sp³-hybridized carbons (Fsp3) is 0.417. The molecule has 0 radical (unpaired) electrons. The van der Waals surface area contributed by atoms with Crippen molar-refractivity contribution in [1.82, 2.24) is 9.78 Å². The molecule has 1 atom stereocenters. The smallest absolute Gasteiger partial charge is 0.193 e. The zero-order valence-electron chi connectivity index (χ0n) is 9.85. The lowest BCUT2D eigenvalue weighted by Gasteiger charge is -2.07. The first-order valence-corrected chi connectivity index (χ1v) is 5.93. The largest absolute Gasteiger partial charge is 0.447 e. The third-order valence-corrected chi connectivity index (χ3v) is 2.92. The van der Waals surface area contributed by atoms with Crippen molar-refractivity contribution in [2.75, 3.05) is 0 Å². The van der Waals surface area contributed by atoms with E-state index < -0.39 is 6.10 Å². The highest BCUT2D eigenvalue weighted by molar-refractivity contribution is 6.28. The molecule has 0 saturated carbocycles. The van der Waals surface area contributed by atoms with E-state index in [2.05, 4.69) is 12.0 Å². The molecule has 0 fully saturated rings. The average Bonchev–Trinajstić information content (AvgIpc) is 2.86. The highest BCUT2D eigenvalue weighted by Gasteiger charge is 2.15. The molecule has 92 valence electrons. The minimum absolute atomic E-state index is 0.290. The second-order valence-corrected chi connectivity index (χ2v) is 4.34. The van der Waals surface area contributed by atoms with E-state index in [0.29, 0.717) is 17.4 Å². The van der Waals surface area contributed by atoms with Crippen molar-refractivity contribution in [3.8, 4) is 0 Å². The van der Waals surface area contributed by atoms with Gasteiger partial charge in [-0.2, -0.15) is 5.10 Å². The molecule has 0 aliphatic carbocycles. The molecule has 0 aliphatic heterocycles. The molecule has 2 aromatic heterocycles. The van der Waals surface area contributed by atoms with Crippen molar-refractivity contribution in [3.63, 3.8) is 0 Å². The Labute approximate surface area is 105 Å². The monoisotopic (exact) mass is 254 g/mol. The normalized spacial score (nSPS) is 12.9. The van der Waals surface area contributed by atoms with Crippen LogP contribution in [0.1, 0.15) is 30.2 Å². The van der Waals surface area contributed by atoms with E-state index in [0.717, 1.165) is 17.8 Å². The van der Waals surface area contributed by atoms with E-state index in [1.807, 2.05) is 13.1 Å². The predicted molar refractivity (Wildman–Crippen MR) is 65.0 cm³/mol. The van der Waals surface area contributed by atoms with E-state index in [9.17, 15) is 5.11 Å². The van der Waals surface area contributed by atoms with Gasteiger partial charge in [-0.15, -0.1) is 0 Å². The summed E-state index contributed by atoms with van der Waals surface area (Å²) in [5, 5.41) is 14.6. The van der Waals surface area contributed by atoms with Gasteiger partial charge in [0, 0.05) is 19.2 Å². The first kappa shape index (κ1) is 12.2. The summed E-state index contributed by atoms with van der Waals surface area (Å²) in [6.45, 7) is 2.05. The summed E-state index contributed by atoms with van der Waals surface area (Å²) in [6, 6.07) is 5.30. The summed E-state index contributed by atoms with van der Waals surface area (Å²) in [4.78, 5) is 0. The van der Waals surface area contributed by atoms with Gasteiger partial charge >= 0.3 is 0 Å². The lowest BCUT2D eigenvalue weighted by molar-refractivity contribution is 0.148. The molecule has 2 aromatic rings. The van der Waals surface area contributed by atoms with Gasteiger partial charge in [-0.3, -0.25) is 4.68 Å². The summed E-state index contributed by atoms with van der Waals surface area (Å²) in [5.74, 6) is 0.481. The molecule has 0 aromatic carbocycles. The minimum atomic E-state index is -0.692. The van der Waals surface area contributed by atoms with Crippen LogP contribution in [0.25, 0.3) is 0 Å². The number of furan rings is 1. The van der Waals surface area contributed by atoms with Gasteiger partial charge in [-0.25, -0.2) is 0 Å². The molecule has 17 heavy (non-hydrogen) atoms. The summed E-state index contributed by atoms with van der Waals surface area (Å²) >= 11 is 5.67. The molecule has 2 heterocycles. The minimum Gasteiger partial charge on any atom is -0.447 e. The fourth-order valence-corrected chi connectivity index (χ4v) is 1.89. The highest BCUT2D eigenvalue weighted by Crippen LogP contribution is 2.23. The first-order chi connectivity index (χ1) is 8.10. The van der Waals surface area contributed by atoms with Gasteiger partial charge in [0.15, 0.2) is 5.22 Å². The number of aryl methyl sites for hydroxylation is 2. The molecular weight excluding hydrogens is 240 g/mol. The standard InChI is InChI=1S/C12H15ClN2O2/c1-3-8-6-9(15(2)14-8)7-10(16)11-4-5-12(13)17-11/h4-6,10,16H,3,7H2,1-2H3.